The number of pyridine rings is 1. The Morgan fingerprint density at radius 3 is 2.16 bits per heavy atom. The molecule has 0 saturated carbocycles. The molecule has 8 nitrogen and oxygen atoms in total. The summed E-state index contributed by atoms with van der Waals surface area (Å²) in [6, 6.07) is 21.3. The van der Waals surface area contributed by atoms with Gasteiger partial charge in [-0.15, -0.1) is 0 Å². The van der Waals surface area contributed by atoms with Gasteiger partial charge in [-0.25, -0.2) is 0 Å². The molecule has 2 heterocycles. The Kier molecular flexibility index (Phi) is 8.28. The van der Waals surface area contributed by atoms with Crippen LogP contribution in [0.3, 0.4) is 0 Å². The molecule has 0 bridgehead atoms. The van der Waals surface area contributed by atoms with Crippen LogP contribution in [0, 0.1) is 0 Å². The third-order valence-electron chi connectivity index (χ3n) is 6.48. The first-order valence-corrected chi connectivity index (χ1v) is 12.7. The average molecular weight is 503 g/mol. The number of benzene rings is 2. The standard InChI is InChI=1S/C29H34N4O4/c1-4-5-20-37-28-24(34)16-19-32-27(28)29(36)31(18-17-25(35)30(2)3)21-33(32)26(22-12-8-6-9-13-22)23-14-10-7-11-15-23/h6-16,19,26H,4-5,17-18,20-21H2,1-3H3. The van der Waals surface area contributed by atoms with Crippen molar-refractivity contribution in [2.24, 2.45) is 0 Å². The highest BCUT2D eigenvalue weighted by Gasteiger charge is 2.37. The highest BCUT2D eigenvalue weighted by atomic mass is 16.5. The Hall–Kier alpha value is -4.07. The largest absolute Gasteiger partial charge is 0.487 e. The van der Waals surface area contributed by atoms with Crippen LogP contribution in [0.25, 0.3) is 0 Å². The van der Waals surface area contributed by atoms with Crippen molar-refractivity contribution in [2.45, 2.75) is 32.2 Å². The van der Waals surface area contributed by atoms with Gasteiger partial charge < -0.3 is 14.5 Å². The Labute approximate surface area is 217 Å². The predicted molar refractivity (Wildman–Crippen MR) is 143 cm³/mol. The Bertz CT molecular complexity index is 1230. The number of amides is 2. The zero-order valence-electron chi connectivity index (χ0n) is 21.7. The molecule has 194 valence electrons. The molecule has 0 aliphatic carbocycles. The van der Waals surface area contributed by atoms with Crippen molar-refractivity contribution in [3.63, 3.8) is 0 Å². The highest BCUT2D eigenvalue weighted by Crippen LogP contribution is 2.32. The minimum absolute atomic E-state index is 0.0504. The smallest absolute Gasteiger partial charge is 0.277 e. The van der Waals surface area contributed by atoms with Crippen molar-refractivity contribution in [1.29, 1.82) is 0 Å². The van der Waals surface area contributed by atoms with E-state index in [1.165, 1.54) is 11.0 Å². The molecule has 0 radical (unpaired) electrons. The molecule has 8 heteroatoms. The van der Waals surface area contributed by atoms with Crippen LogP contribution < -0.4 is 15.2 Å². The molecule has 2 amide bonds. The summed E-state index contributed by atoms with van der Waals surface area (Å²) >= 11 is 0. The van der Waals surface area contributed by atoms with Gasteiger partial charge in [-0.3, -0.25) is 24.1 Å². The molecule has 1 aromatic heterocycles. The van der Waals surface area contributed by atoms with Crippen molar-refractivity contribution in [3.05, 3.63) is 100.0 Å². The summed E-state index contributed by atoms with van der Waals surface area (Å²) in [5, 5.41) is 2.05. The van der Waals surface area contributed by atoms with E-state index in [4.69, 9.17) is 4.74 Å². The first-order valence-electron chi connectivity index (χ1n) is 12.7. The molecule has 0 unspecified atom stereocenters. The molecule has 0 atom stereocenters. The maximum absolute atomic E-state index is 13.8. The number of fused-ring (bicyclic) bond motifs is 1. The van der Waals surface area contributed by atoms with Gasteiger partial charge in [0.05, 0.1) is 12.6 Å². The van der Waals surface area contributed by atoms with Crippen molar-refractivity contribution < 1.29 is 14.3 Å². The van der Waals surface area contributed by atoms with Gasteiger partial charge in [0.15, 0.2) is 11.4 Å². The lowest BCUT2D eigenvalue weighted by Crippen LogP contribution is -2.56. The molecule has 2 aromatic carbocycles. The van der Waals surface area contributed by atoms with E-state index >= 15 is 0 Å². The summed E-state index contributed by atoms with van der Waals surface area (Å²) in [5.74, 6) is -0.348. The fourth-order valence-electron chi connectivity index (χ4n) is 4.47. The van der Waals surface area contributed by atoms with Crippen LogP contribution in [0.4, 0.5) is 0 Å². The first-order chi connectivity index (χ1) is 17.9. The Morgan fingerprint density at radius 2 is 1.59 bits per heavy atom. The predicted octanol–water partition coefficient (Wildman–Crippen LogP) is 3.65. The number of carbonyl (C=O) groups is 2. The zero-order chi connectivity index (χ0) is 26.4. The van der Waals surface area contributed by atoms with Gasteiger partial charge in [-0.1, -0.05) is 74.0 Å². The normalized spacial score (nSPS) is 13.0. The van der Waals surface area contributed by atoms with Gasteiger partial charge >= 0.3 is 0 Å². The summed E-state index contributed by atoms with van der Waals surface area (Å²) in [4.78, 5) is 42.2. The highest BCUT2D eigenvalue weighted by molar-refractivity contribution is 5.96. The molecule has 37 heavy (non-hydrogen) atoms. The van der Waals surface area contributed by atoms with Crippen LogP contribution in [0.2, 0.25) is 0 Å². The van der Waals surface area contributed by atoms with Gasteiger partial charge in [0.2, 0.25) is 11.3 Å². The monoisotopic (exact) mass is 502 g/mol. The minimum Gasteiger partial charge on any atom is -0.487 e. The quantitative estimate of drug-likeness (QED) is 0.396. The Morgan fingerprint density at radius 1 is 0.973 bits per heavy atom. The Balaban J connectivity index is 1.85. The van der Waals surface area contributed by atoms with E-state index in [1.54, 1.807) is 29.9 Å². The van der Waals surface area contributed by atoms with E-state index in [2.05, 4.69) is 24.3 Å². The lowest BCUT2D eigenvalue weighted by Gasteiger charge is -2.44. The van der Waals surface area contributed by atoms with Crippen molar-refractivity contribution >= 4 is 11.8 Å². The number of ether oxygens (including phenoxy) is 1. The van der Waals surface area contributed by atoms with Crippen LogP contribution >= 0.6 is 0 Å². The zero-order valence-corrected chi connectivity index (χ0v) is 21.7. The van der Waals surface area contributed by atoms with Gasteiger partial charge in [0.1, 0.15) is 6.67 Å². The maximum atomic E-state index is 13.8. The summed E-state index contributed by atoms with van der Waals surface area (Å²) in [5.41, 5.74) is 1.91. The van der Waals surface area contributed by atoms with E-state index in [-0.39, 0.29) is 54.4 Å². The molecule has 1 aliphatic rings. The van der Waals surface area contributed by atoms with E-state index in [9.17, 15) is 14.4 Å². The van der Waals surface area contributed by atoms with Crippen LogP contribution in [0.15, 0.2) is 77.7 Å². The molecular formula is C29H34N4O4. The third kappa shape index (κ3) is 5.69. The molecular weight excluding hydrogens is 468 g/mol. The topological polar surface area (TPSA) is 75.1 Å². The van der Waals surface area contributed by atoms with Crippen molar-refractivity contribution in [1.82, 2.24) is 14.5 Å². The van der Waals surface area contributed by atoms with E-state index in [0.717, 1.165) is 24.0 Å². The lowest BCUT2D eigenvalue weighted by atomic mass is 9.98. The van der Waals surface area contributed by atoms with E-state index < -0.39 is 0 Å². The van der Waals surface area contributed by atoms with E-state index in [1.807, 2.05) is 48.3 Å². The molecule has 3 aromatic rings. The molecule has 0 spiro atoms. The van der Waals surface area contributed by atoms with Crippen LogP contribution in [0.5, 0.6) is 5.75 Å². The van der Waals surface area contributed by atoms with Gasteiger partial charge in [0, 0.05) is 39.3 Å². The minimum atomic E-state index is -0.335. The van der Waals surface area contributed by atoms with E-state index in [0.29, 0.717) is 6.61 Å². The summed E-state index contributed by atoms with van der Waals surface area (Å²) in [7, 11) is 3.39. The second kappa shape index (κ2) is 11.8. The molecule has 1 aliphatic heterocycles. The summed E-state index contributed by atoms with van der Waals surface area (Å²) in [6.07, 6.45) is 3.49. The van der Waals surface area contributed by atoms with Gasteiger partial charge in [-0.2, -0.15) is 0 Å². The number of hydrogen-bond acceptors (Lipinski definition) is 5. The third-order valence-corrected chi connectivity index (χ3v) is 6.48. The number of hydrogen-bond donors (Lipinski definition) is 0. The molecule has 0 fully saturated rings. The number of aromatic nitrogens is 1. The van der Waals surface area contributed by atoms with Crippen molar-refractivity contribution in [2.75, 3.05) is 38.9 Å². The van der Waals surface area contributed by atoms with Crippen LogP contribution in [-0.2, 0) is 4.79 Å². The fourth-order valence-corrected chi connectivity index (χ4v) is 4.47. The molecule has 4 rings (SSSR count). The van der Waals surface area contributed by atoms with Crippen molar-refractivity contribution in [3.8, 4) is 5.75 Å². The number of unbranched alkanes of at least 4 members (excludes halogenated alkanes) is 1. The lowest BCUT2D eigenvalue weighted by molar-refractivity contribution is -0.128. The summed E-state index contributed by atoms with van der Waals surface area (Å²) < 4.78 is 7.66. The SMILES string of the molecule is CCCCOc1c2n(ccc1=O)N(C(c1ccccc1)c1ccccc1)CN(CCC(=O)N(C)C)C2=O. The number of carbonyl (C=O) groups excluding carboxylic acids is 2. The maximum Gasteiger partial charge on any atom is 0.277 e. The average Bonchev–Trinajstić information content (AvgIpc) is 2.91. The first kappa shape index (κ1) is 26.0. The molecule has 0 N–H and O–H groups in total. The fraction of sp³-hybridized carbons (Fsp3) is 0.345. The summed E-state index contributed by atoms with van der Waals surface area (Å²) in [6.45, 7) is 2.84. The van der Waals surface area contributed by atoms with Gasteiger partial charge in [-0.05, 0) is 17.5 Å². The van der Waals surface area contributed by atoms with Crippen LogP contribution in [-0.4, -0.2) is 60.2 Å². The second-order valence-corrected chi connectivity index (χ2v) is 9.32. The van der Waals surface area contributed by atoms with Crippen LogP contribution in [0.1, 0.15) is 53.8 Å². The second-order valence-electron chi connectivity index (χ2n) is 9.32. The van der Waals surface area contributed by atoms with Gasteiger partial charge in [0.25, 0.3) is 5.91 Å². The number of rotatable bonds is 10. The number of nitrogens with zero attached hydrogens (tertiary/aromatic N) is 4. The molecule has 0 saturated heterocycles.